The van der Waals surface area contributed by atoms with E-state index in [0.717, 1.165) is 25.1 Å². The first-order valence-corrected chi connectivity index (χ1v) is 8.08. The second-order valence-electron chi connectivity index (χ2n) is 6.15. The zero-order valence-corrected chi connectivity index (χ0v) is 14.0. The molecule has 2 atom stereocenters. The van der Waals surface area contributed by atoms with Gasteiger partial charge >= 0.3 is 0 Å². The molecule has 0 saturated carbocycles. The van der Waals surface area contributed by atoms with Gasteiger partial charge in [-0.15, -0.1) is 12.4 Å². The number of nitrogens with zero attached hydrogens (tertiary/aromatic N) is 1. The Morgan fingerprint density at radius 3 is 2.83 bits per heavy atom. The number of rotatable bonds is 4. The predicted molar refractivity (Wildman–Crippen MR) is 89.1 cm³/mol. The van der Waals surface area contributed by atoms with Crippen LogP contribution >= 0.6 is 12.4 Å². The Morgan fingerprint density at radius 1 is 1.35 bits per heavy atom. The highest BCUT2D eigenvalue weighted by molar-refractivity contribution is 5.85. The highest BCUT2D eigenvalue weighted by Crippen LogP contribution is 2.23. The van der Waals surface area contributed by atoms with Crippen LogP contribution in [-0.4, -0.2) is 43.6 Å². The van der Waals surface area contributed by atoms with Crippen molar-refractivity contribution in [1.29, 1.82) is 0 Å². The first-order chi connectivity index (χ1) is 10.7. The van der Waals surface area contributed by atoms with E-state index in [9.17, 15) is 9.18 Å². The van der Waals surface area contributed by atoms with Crippen molar-refractivity contribution in [2.24, 2.45) is 5.92 Å². The molecule has 2 aliphatic rings. The maximum Gasteiger partial charge on any atom is 0.222 e. The van der Waals surface area contributed by atoms with Crippen LogP contribution in [0.2, 0.25) is 0 Å². The Balaban J connectivity index is 0.00000192. The Labute approximate surface area is 142 Å². The van der Waals surface area contributed by atoms with Crippen LogP contribution in [-0.2, 0) is 9.53 Å². The van der Waals surface area contributed by atoms with Crippen LogP contribution in [0, 0.1) is 11.7 Å². The number of hydrogen-bond donors (Lipinski definition) is 1. The molecule has 1 N–H and O–H groups in total. The van der Waals surface area contributed by atoms with Gasteiger partial charge in [-0.05, 0) is 49.5 Å². The van der Waals surface area contributed by atoms with E-state index >= 15 is 0 Å². The molecule has 2 unspecified atom stereocenters. The Bertz CT molecular complexity index is 506. The molecule has 2 saturated heterocycles. The van der Waals surface area contributed by atoms with E-state index in [1.165, 1.54) is 18.6 Å². The minimum Gasteiger partial charge on any atom is -0.370 e. The predicted octanol–water partition coefficient (Wildman–Crippen LogP) is 2.54. The lowest BCUT2D eigenvalue weighted by atomic mass is 10.0. The summed E-state index contributed by atoms with van der Waals surface area (Å²) in [6.07, 6.45) is 2.60. The summed E-state index contributed by atoms with van der Waals surface area (Å²) in [7, 11) is 0. The first-order valence-electron chi connectivity index (χ1n) is 8.08. The average Bonchev–Trinajstić information content (AvgIpc) is 3.07. The number of amides is 1. The molecule has 2 heterocycles. The SMILES string of the molecule is Cl.O=C(CCC1CCNC1)N1CCOC(c2ccc(F)cc2)C1. The van der Waals surface area contributed by atoms with Crippen molar-refractivity contribution in [3.63, 3.8) is 0 Å². The van der Waals surface area contributed by atoms with E-state index in [0.29, 0.717) is 32.0 Å². The molecule has 0 spiro atoms. The number of hydrogen-bond acceptors (Lipinski definition) is 3. The molecule has 1 amide bonds. The molecule has 0 aromatic heterocycles. The molecule has 128 valence electrons. The zero-order valence-electron chi connectivity index (χ0n) is 13.2. The molecule has 2 aliphatic heterocycles. The van der Waals surface area contributed by atoms with Crippen LogP contribution in [0.1, 0.15) is 30.9 Å². The van der Waals surface area contributed by atoms with E-state index in [1.54, 1.807) is 12.1 Å². The van der Waals surface area contributed by atoms with Gasteiger partial charge in [0, 0.05) is 13.0 Å². The molecule has 0 radical (unpaired) electrons. The standard InChI is InChI=1S/C17H23FN2O2.ClH/c18-15-4-2-14(3-5-15)16-12-20(9-10-22-16)17(21)6-1-13-7-8-19-11-13;/h2-5,13,16,19H,1,6-12H2;1H. The van der Waals surface area contributed by atoms with Gasteiger partial charge in [-0.2, -0.15) is 0 Å². The monoisotopic (exact) mass is 342 g/mol. The minimum atomic E-state index is -0.252. The number of nitrogens with one attached hydrogen (secondary N) is 1. The summed E-state index contributed by atoms with van der Waals surface area (Å²) in [5.41, 5.74) is 0.930. The lowest BCUT2D eigenvalue weighted by Crippen LogP contribution is -2.42. The highest BCUT2D eigenvalue weighted by atomic mass is 35.5. The van der Waals surface area contributed by atoms with Gasteiger partial charge in [0.05, 0.1) is 13.2 Å². The van der Waals surface area contributed by atoms with Crippen LogP contribution in [0.15, 0.2) is 24.3 Å². The van der Waals surface area contributed by atoms with Gasteiger partial charge in [0.25, 0.3) is 0 Å². The Hall–Kier alpha value is -1.17. The van der Waals surface area contributed by atoms with Crippen molar-refractivity contribution in [2.75, 3.05) is 32.8 Å². The smallest absolute Gasteiger partial charge is 0.222 e. The zero-order chi connectivity index (χ0) is 15.4. The molecule has 3 rings (SSSR count). The van der Waals surface area contributed by atoms with Crippen LogP contribution in [0.5, 0.6) is 0 Å². The number of carbonyl (C=O) groups excluding carboxylic acids is 1. The molecular formula is C17H24ClFN2O2. The molecule has 23 heavy (non-hydrogen) atoms. The van der Waals surface area contributed by atoms with Gasteiger partial charge in [0.2, 0.25) is 5.91 Å². The van der Waals surface area contributed by atoms with Gasteiger partial charge in [0.15, 0.2) is 0 Å². The summed E-state index contributed by atoms with van der Waals surface area (Å²) in [5, 5.41) is 3.33. The number of halogens is 2. The summed E-state index contributed by atoms with van der Waals surface area (Å²) in [6, 6.07) is 6.34. The van der Waals surface area contributed by atoms with Crippen LogP contribution in [0.3, 0.4) is 0 Å². The Morgan fingerprint density at radius 2 is 2.13 bits per heavy atom. The maximum atomic E-state index is 13.0. The second-order valence-corrected chi connectivity index (χ2v) is 6.15. The van der Waals surface area contributed by atoms with Gasteiger partial charge in [-0.3, -0.25) is 4.79 Å². The molecule has 0 aliphatic carbocycles. The fourth-order valence-electron chi connectivity index (χ4n) is 3.20. The fourth-order valence-corrected chi connectivity index (χ4v) is 3.20. The normalized spacial score (nSPS) is 24.3. The number of carbonyl (C=O) groups is 1. The quantitative estimate of drug-likeness (QED) is 0.914. The molecule has 2 fully saturated rings. The van der Waals surface area contributed by atoms with E-state index < -0.39 is 0 Å². The molecule has 1 aromatic rings. The van der Waals surface area contributed by atoms with Gasteiger partial charge < -0.3 is 15.0 Å². The molecule has 4 nitrogen and oxygen atoms in total. The third-order valence-electron chi connectivity index (χ3n) is 4.59. The van der Waals surface area contributed by atoms with E-state index in [2.05, 4.69) is 5.32 Å². The van der Waals surface area contributed by atoms with Crippen molar-refractivity contribution >= 4 is 18.3 Å². The maximum absolute atomic E-state index is 13.0. The summed E-state index contributed by atoms with van der Waals surface area (Å²) >= 11 is 0. The van der Waals surface area contributed by atoms with Gasteiger partial charge in [0.1, 0.15) is 11.9 Å². The lowest BCUT2D eigenvalue weighted by molar-refractivity contribution is -0.139. The van der Waals surface area contributed by atoms with Crippen molar-refractivity contribution in [3.8, 4) is 0 Å². The topological polar surface area (TPSA) is 41.6 Å². The summed E-state index contributed by atoms with van der Waals surface area (Å²) in [4.78, 5) is 14.3. The number of morpholine rings is 1. The largest absolute Gasteiger partial charge is 0.370 e. The highest BCUT2D eigenvalue weighted by Gasteiger charge is 2.26. The minimum absolute atomic E-state index is 0. The van der Waals surface area contributed by atoms with E-state index in [4.69, 9.17) is 4.74 Å². The van der Waals surface area contributed by atoms with E-state index in [-0.39, 0.29) is 30.2 Å². The van der Waals surface area contributed by atoms with Crippen LogP contribution < -0.4 is 5.32 Å². The molecule has 1 aromatic carbocycles. The average molecular weight is 343 g/mol. The Kier molecular flexibility index (Phi) is 6.81. The van der Waals surface area contributed by atoms with Crippen LogP contribution in [0.25, 0.3) is 0 Å². The van der Waals surface area contributed by atoms with Crippen molar-refractivity contribution in [3.05, 3.63) is 35.6 Å². The van der Waals surface area contributed by atoms with Crippen molar-refractivity contribution in [2.45, 2.75) is 25.4 Å². The summed E-state index contributed by atoms with van der Waals surface area (Å²) in [6.45, 7) is 3.86. The second kappa shape index (κ2) is 8.62. The van der Waals surface area contributed by atoms with Crippen molar-refractivity contribution in [1.82, 2.24) is 10.2 Å². The molecular weight excluding hydrogens is 319 g/mol. The lowest BCUT2D eigenvalue weighted by Gasteiger charge is -2.33. The molecule has 0 bridgehead atoms. The molecule has 6 heteroatoms. The van der Waals surface area contributed by atoms with E-state index in [1.807, 2.05) is 4.90 Å². The number of benzene rings is 1. The number of ether oxygens (including phenoxy) is 1. The first kappa shape index (κ1) is 18.2. The van der Waals surface area contributed by atoms with Crippen LogP contribution in [0.4, 0.5) is 4.39 Å². The van der Waals surface area contributed by atoms with Gasteiger partial charge in [-0.1, -0.05) is 12.1 Å². The van der Waals surface area contributed by atoms with Crippen molar-refractivity contribution < 1.29 is 13.9 Å². The third kappa shape index (κ3) is 4.90. The van der Waals surface area contributed by atoms with Gasteiger partial charge in [-0.25, -0.2) is 4.39 Å². The summed E-state index contributed by atoms with van der Waals surface area (Å²) < 4.78 is 18.7. The fraction of sp³-hybridized carbons (Fsp3) is 0.588. The summed E-state index contributed by atoms with van der Waals surface area (Å²) in [5.74, 6) is 0.595. The third-order valence-corrected chi connectivity index (χ3v) is 4.59.